The van der Waals surface area contributed by atoms with Crippen molar-refractivity contribution in [2.24, 2.45) is 15.5 Å². The van der Waals surface area contributed by atoms with E-state index < -0.39 is 0 Å². The average Bonchev–Trinajstić information content (AvgIpc) is 2.93. The largest absolute Gasteiger partial charge is 0.357 e. The topological polar surface area (TPSA) is 34.4 Å². The summed E-state index contributed by atoms with van der Waals surface area (Å²) in [7, 11) is 2.19. The molecule has 1 saturated carbocycles. The molecule has 0 radical (unpaired) electrons. The second-order valence-corrected chi connectivity index (χ2v) is 9.02. The number of likely N-dealkylation sites (tertiary alicyclic amines) is 1. The highest BCUT2D eigenvalue weighted by Crippen LogP contribution is 2.49. The van der Waals surface area contributed by atoms with Crippen molar-refractivity contribution in [2.45, 2.75) is 59.0 Å². The summed E-state index contributed by atoms with van der Waals surface area (Å²) < 4.78 is 2.17. The van der Waals surface area contributed by atoms with E-state index in [4.69, 9.17) is 4.99 Å². The number of aliphatic imine (C=N–C) groups is 1. The third-order valence-corrected chi connectivity index (χ3v) is 7.80. The van der Waals surface area contributed by atoms with E-state index in [9.17, 15) is 0 Å². The van der Waals surface area contributed by atoms with Gasteiger partial charge in [0.25, 0.3) is 0 Å². The molecule has 0 aromatic rings. The number of rotatable bonds is 2. The Hall–Kier alpha value is -0.360. The van der Waals surface area contributed by atoms with Crippen molar-refractivity contribution in [3.8, 4) is 0 Å². The molecule has 2 unspecified atom stereocenters. The number of hydrogen-bond donors (Lipinski definition) is 0. The molecule has 7 heteroatoms. The number of hydrogen-bond acceptors (Lipinski definition) is 5. The number of nitrogens with zero attached hydrogens (tertiary/aromatic N) is 5. The first-order valence-corrected chi connectivity index (χ1v) is 13.2. The quantitative estimate of drug-likeness (QED) is 0.451. The predicted molar refractivity (Wildman–Crippen MR) is 113 cm³/mol. The molecule has 0 amide bonds. The van der Waals surface area contributed by atoms with E-state index in [2.05, 4.69) is 61.9 Å². The SMILES string of the molecule is CC.CC1=NN(PI)C2C1=NC=C(N1CCC3(CCC3)CC1)N2C. The van der Waals surface area contributed by atoms with Gasteiger partial charge in [-0.1, -0.05) is 20.3 Å². The van der Waals surface area contributed by atoms with Gasteiger partial charge in [0.2, 0.25) is 0 Å². The molecule has 2 atom stereocenters. The minimum Gasteiger partial charge on any atom is -0.357 e. The maximum atomic E-state index is 4.75. The van der Waals surface area contributed by atoms with E-state index in [1.807, 2.05) is 13.8 Å². The normalized spacial score (nSPS) is 28.1. The smallest absolute Gasteiger partial charge is 0.168 e. The lowest BCUT2D eigenvalue weighted by Crippen LogP contribution is -2.51. The first-order chi connectivity index (χ1) is 11.6. The van der Waals surface area contributed by atoms with Crippen LogP contribution in [0, 0.1) is 5.41 Å². The van der Waals surface area contributed by atoms with Gasteiger partial charge in [-0.3, -0.25) is 4.99 Å². The van der Waals surface area contributed by atoms with Crippen LogP contribution >= 0.6 is 28.4 Å². The Morgan fingerprint density at radius 1 is 1.21 bits per heavy atom. The van der Waals surface area contributed by atoms with Crippen LogP contribution in [0.15, 0.2) is 22.1 Å². The Morgan fingerprint density at radius 3 is 2.42 bits per heavy atom. The predicted octanol–water partition coefficient (Wildman–Crippen LogP) is 4.43. The summed E-state index contributed by atoms with van der Waals surface area (Å²) in [6.07, 6.45) is 9.95. The molecule has 2 fully saturated rings. The summed E-state index contributed by atoms with van der Waals surface area (Å²) in [6.45, 7) is 8.43. The van der Waals surface area contributed by atoms with Crippen LogP contribution in [-0.2, 0) is 0 Å². The van der Waals surface area contributed by atoms with Crippen LogP contribution in [0.25, 0.3) is 0 Å². The van der Waals surface area contributed by atoms with Crippen LogP contribution in [0.1, 0.15) is 52.9 Å². The second kappa shape index (κ2) is 7.48. The Balaban J connectivity index is 0.000000815. The summed E-state index contributed by atoms with van der Waals surface area (Å²) >= 11 is 2.41. The molecule has 1 saturated heterocycles. The molecular weight excluding hydrogens is 432 g/mol. The van der Waals surface area contributed by atoms with Gasteiger partial charge in [-0.15, -0.1) is 0 Å². The fourth-order valence-electron chi connectivity index (χ4n) is 4.18. The monoisotopic (exact) mass is 461 g/mol. The standard InChI is InChI=1S/C15H23IN5P.C2H6/c1-11-13-14(21(18-11)22-16)19(2)12(10-17-13)20-8-6-15(7-9-20)4-3-5-15;1-2/h10,14,22H,3-9H2,1-2H3;1-2H3. The minimum atomic E-state index is 0.190. The molecule has 3 aliphatic heterocycles. The fourth-order valence-corrected chi connectivity index (χ4v) is 5.87. The summed E-state index contributed by atoms with van der Waals surface area (Å²) in [5, 5.41) is 4.66. The van der Waals surface area contributed by atoms with E-state index in [0.29, 0.717) is 11.8 Å². The average molecular weight is 461 g/mol. The molecule has 134 valence electrons. The Morgan fingerprint density at radius 2 is 1.88 bits per heavy atom. The van der Waals surface area contributed by atoms with E-state index in [1.54, 1.807) is 0 Å². The lowest BCUT2D eigenvalue weighted by atomic mass is 9.63. The van der Waals surface area contributed by atoms with Crippen molar-refractivity contribution in [3.63, 3.8) is 0 Å². The molecule has 4 rings (SSSR count). The van der Waals surface area contributed by atoms with Gasteiger partial charge in [0.15, 0.2) is 6.17 Å². The maximum Gasteiger partial charge on any atom is 0.168 e. The zero-order chi connectivity index (χ0) is 17.3. The summed E-state index contributed by atoms with van der Waals surface area (Å²) in [4.78, 5) is 9.65. The zero-order valence-electron chi connectivity index (χ0n) is 15.2. The highest BCUT2D eigenvalue weighted by molar-refractivity contribution is 14.2. The van der Waals surface area contributed by atoms with E-state index in [1.165, 1.54) is 51.0 Å². The van der Waals surface area contributed by atoms with E-state index in [0.717, 1.165) is 11.4 Å². The van der Waals surface area contributed by atoms with Gasteiger partial charge in [-0.05, 0) is 60.1 Å². The highest BCUT2D eigenvalue weighted by atomic mass is 127. The first-order valence-electron chi connectivity index (χ1n) is 9.10. The number of halogens is 1. The van der Waals surface area contributed by atoms with Gasteiger partial charge in [0.1, 0.15) is 11.5 Å². The van der Waals surface area contributed by atoms with Crippen molar-refractivity contribution in [2.75, 3.05) is 20.1 Å². The Bertz CT molecular complexity index is 559. The van der Waals surface area contributed by atoms with Gasteiger partial charge in [0, 0.05) is 20.1 Å². The Labute approximate surface area is 160 Å². The zero-order valence-corrected chi connectivity index (χ0v) is 18.4. The van der Waals surface area contributed by atoms with Gasteiger partial charge < -0.3 is 9.80 Å². The molecule has 0 N–H and O–H groups in total. The van der Waals surface area contributed by atoms with Crippen molar-refractivity contribution in [1.82, 2.24) is 14.6 Å². The van der Waals surface area contributed by atoms with E-state index >= 15 is 0 Å². The molecule has 5 nitrogen and oxygen atoms in total. The van der Waals surface area contributed by atoms with Crippen LogP contribution in [-0.4, -0.2) is 52.3 Å². The molecular formula is C17H29IN5P. The number of piperidine rings is 1. The molecule has 24 heavy (non-hydrogen) atoms. The van der Waals surface area contributed by atoms with Crippen LogP contribution in [0.4, 0.5) is 0 Å². The van der Waals surface area contributed by atoms with Crippen molar-refractivity contribution in [1.29, 1.82) is 0 Å². The molecule has 0 aromatic heterocycles. The summed E-state index contributed by atoms with van der Waals surface area (Å²) in [5.74, 6) is 1.27. The first kappa shape index (κ1) is 18.4. The molecule has 0 bridgehead atoms. The molecule has 4 aliphatic rings. The Kier molecular flexibility index (Phi) is 5.75. The van der Waals surface area contributed by atoms with Crippen molar-refractivity contribution >= 4 is 39.8 Å². The van der Waals surface area contributed by atoms with Crippen LogP contribution in [0.3, 0.4) is 0 Å². The van der Waals surface area contributed by atoms with Crippen molar-refractivity contribution in [3.05, 3.63) is 12.0 Å². The third kappa shape index (κ3) is 3.09. The lowest BCUT2D eigenvalue weighted by molar-refractivity contribution is 0.0303. The van der Waals surface area contributed by atoms with Crippen LogP contribution < -0.4 is 0 Å². The summed E-state index contributed by atoms with van der Waals surface area (Å²) in [6, 6.07) is 0. The lowest BCUT2D eigenvalue weighted by Gasteiger charge is -2.50. The van der Waals surface area contributed by atoms with Gasteiger partial charge in [-0.2, -0.15) is 5.10 Å². The molecule has 0 aromatic carbocycles. The van der Waals surface area contributed by atoms with Crippen molar-refractivity contribution < 1.29 is 0 Å². The molecule has 1 aliphatic carbocycles. The minimum absolute atomic E-state index is 0.190. The third-order valence-electron chi connectivity index (χ3n) is 5.80. The van der Waals surface area contributed by atoms with Crippen LogP contribution in [0.2, 0.25) is 0 Å². The van der Waals surface area contributed by atoms with Crippen LogP contribution in [0.5, 0.6) is 0 Å². The van der Waals surface area contributed by atoms with Gasteiger partial charge in [0.05, 0.1) is 18.3 Å². The van der Waals surface area contributed by atoms with Gasteiger partial charge >= 0.3 is 0 Å². The highest BCUT2D eigenvalue weighted by Gasteiger charge is 2.42. The fraction of sp³-hybridized carbons (Fsp3) is 0.765. The summed E-state index contributed by atoms with van der Waals surface area (Å²) in [5.41, 5.74) is 2.87. The number of hydrazone groups is 1. The van der Waals surface area contributed by atoms with Gasteiger partial charge in [-0.25, -0.2) is 4.78 Å². The second-order valence-electron chi connectivity index (χ2n) is 6.94. The molecule has 1 spiro atoms. The van der Waals surface area contributed by atoms with E-state index in [-0.39, 0.29) is 6.17 Å². The number of fused-ring (bicyclic) bond motifs is 1. The maximum absolute atomic E-state index is 4.75. The molecule has 3 heterocycles.